The van der Waals surface area contributed by atoms with Gasteiger partial charge in [0.15, 0.2) is 0 Å². The van der Waals surface area contributed by atoms with E-state index in [1.54, 1.807) is 6.07 Å². The monoisotopic (exact) mass is 339 g/mol. The number of rotatable bonds is 2. The van der Waals surface area contributed by atoms with Crippen LogP contribution in [-0.4, -0.2) is 48.4 Å². The van der Waals surface area contributed by atoms with E-state index >= 15 is 0 Å². The molecule has 2 N–H and O–H groups in total. The minimum absolute atomic E-state index is 0.0753. The van der Waals surface area contributed by atoms with E-state index < -0.39 is 0 Å². The number of hydrogen-bond donors (Lipinski definition) is 1. The van der Waals surface area contributed by atoms with Crippen LogP contribution in [-0.2, 0) is 0 Å². The highest BCUT2D eigenvalue weighted by molar-refractivity contribution is 9.10. The Morgan fingerprint density at radius 1 is 1.45 bits per heavy atom. The molecule has 1 saturated heterocycles. The molecule has 0 aromatic heterocycles. The lowest BCUT2D eigenvalue weighted by Gasteiger charge is -2.30. The summed E-state index contributed by atoms with van der Waals surface area (Å²) in [6, 6.07) is 5.74. The van der Waals surface area contributed by atoms with E-state index in [-0.39, 0.29) is 11.9 Å². The van der Waals surface area contributed by atoms with Crippen molar-refractivity contribution in [3.63, 3.8) is 0 Å². The highest BCUT2D eigenvalue weighted by atomic mass is 79.9. The van der Waals surface area contributed by atoms with Crippen molar-refractivity contribution in [1.82, 2.24) is 9.80 Å². The fourth-order valence-electron chi connectivity index (χ4n) is 2.73. The summed E-state index contributed by atoms with van der Waals surface area (Å²) in [5.41, 5.74) is 7.15. The molecule has 0 bridgehead atoms. The SMILES string of the molecule is CCC1CN(C)CCCN1C(=O)c1cccc(N)c1Br. The Hall–Kier alpha value is -1.07. The van der Waals surface area contributed by atoms with Crippen molar-refractivity contribution in [3.8, 4) is 0 Å². The number of carbonyl (C=O) groups excluding carboxylic acids is 1. The first kappa shape index (κ1) is 15.3. The van der Waals surface area contributed by atoms with Crippen molar-refractivity contribution in [2.45, 2.75) is 25.8 Å². The van der Waals surface area contributed by atoms with Gasteiger partial charge in [-0.25, -0.2) is 0 Å². The second-order valence-electron chi connectivity index (χ2n) is 5.39. The quantitative estimate of drug-likeness (QED) is 0.842. The number of amides is 1. The number of hydrogen-bond acceptors (Lipinski definition) is 3. The molecule has 110 valence electrons. The standard InChI is InChI=1S/C15H22BrN3O/c1-3-11-10-18(2)8-5-9-19(11)15(20)12-6-4-7-13(17)14(12)16/h4,6-7,11H,3,5,8-10,17H2,1-2H3. The van der Waals surface area contributed by atoms with Gasteiger partial charge in [-0.1, -0.05) is 13.0 Å². The highest BCUT2D eigenvalue weighted by Gasteiger charge is 2.28. The van der Waals surface area contributed by atoms with Gasteiger partial charge in [0, 0.05) is 24.8 Å². The largest absolute Gasteiger partial charge is 0.398 e. The van der Waals surface area contributed by atoms with Crippen LogP contribution in [0.2, 0.25) is 0 Å². The van der Waals surface area contributed by atoms with E-state index in [0.29, 0.717) is 15.7 Å². The molecule has 1 unspecified atom stereocenters. The van der Waals surface area contributed by atoms with Gasteiger partial charge in [-0.15, -0.1) is 0 Å². The van der Waals surface area contributed by atoms with Gasteiger partial charge in [0.2, 0.25) is 0 Å². The minimum Gasteiger partial charge on any atom is -0.398 e. The average molecular weight is 340 g/mol. The summed E-state index contributed by atoms with van der Waals surface area (Å²) in [6.45, 7) is 4.92. The third kappa shape index (κ3) is 3.15. The molecule has 4 nitrogen and oxygen atoms in total. The predicted octanol–water partition coefficient (Wildman–Crippen LogP) is 2.59. The van der Waals surface area contributed by atoms with Gasteiger partial charge < -0.3 is 15.5 Å². The summed E-state index contributed by atoms with van der Waals surface area (Å²) >= 11 is 3.44. The molecule has 1 aromatic rings. The second kappa shape index (κ2) is 6.59. The predicted molar refractivity (Wildman–Crippen MR) is 85.8 cm³/mol. The normalized spacial score (nSPS) is 20.8. The van der Waals surface area contributed by atoms with Crippen molar-refractivity contribution in [1.29, 1.82) is 0 Å². The molecular weight excluding hydrogens is 318 g/mol. The van der Waals surface area contributed by atoms with Gasteiger partial charge in [-0.3, -0.25) is 4.79 Å². The van der Waals surface area contributed by atoms with E-state index in [2.05, 4.69) is 34.8 Å². The summed E-state index contributed by atoms with van der Waals surface area (Å²) in [7, 11) is 2.12. The summed E-state index contributed by atoms with van der Waals surface area (Å²) in [6.07, 6.45) is 1.98. The fraction of sp³-hybridized carbons (Fsp3) is 0.533. The van der Waals surface area contributed by atoms with Gasteiger partial charge in [0.05, 0.1) is 10.0 Å². The number of benzene rings is 1. The van der Waals surface area contributed by atoms with Crippen molar-refractivity contribution >= 4 is 27.5 Å². The van der Waals surface area contributed by atoms with Gasteiger partial charge in [0.25, 0.3) is 5.91 Å². The second-order valence-corrected chi connectivity index (χ2v) is 6.18. The van der Waals surface area contributed by atoms with Crippen LogP contribution < -0.4 is 5.73 Å². The molecule has 1 aromatic carbocycles. The van der Waals surface area contributed by atoms with Crippen LogP contribution in [0.1, 0.15) is 30.1 Å². The van der Waals surface area contributed by atoms with E-state index in [4.69, 9.17) is 5.73 Å². The van der Waals surface area contributed by atoms with Crippen LogP contribution in [0.5, 0.6) is 0 Å². The van der Waals surface area contributed by atoms with Gasteiger partial charge in [-0.2, -0.15) is 0 Å². The molecule has 1 fully saturated rings. The Balaban J connectivity index is 2.28. The molecule has 1 atom stereocenters. The number of carbonyl (C=O) groups is 1. The first-order chi connectivity index (χ1) is 9.54. The molecule has 5 heteroatoms. The molecule has 20 heavy (non-hydrogen) atoms. The molecule has 1 aliphatic heterocycles. The van der Waals surface area contributed by atoms with Crippen LogP contribution in [0.25, 0.3) is 0 Å². The van der Waals surface area contributed by atoms with Crippen LogP contribution in [0.3, 0.4) is 0 Å². The lowest BCUT2D eigenvalue weighted by atomic mass is 10.1. The number of halogens is 1. The maximum absolute atomic E-state index is 12.8. The number of likely N-dealkylation sites (N-methyl/N-ethyl adjacent to an activating group) is 1. The molecule has 1 heterocycles. The third-order valence-corrected chi connectivity index (χ3v) is 4.78. The van der Waals surface area contributed by atoms with Gasteiger partial charge in [-0.05, 0) is 54.5 Å². The average Bonchev–Trinajstić information content (AvgIpc) is 2.62. The number of nitrogens with zero attached hydrogens (tertiary/aromatic N) is 2. The summed E-state index contributed by atoms with van der Waals surface area (Å²) < 4.78 is 0.706. The van der Waals surface area contributed by atoms with E-state index in [9.17, 15) is 4.79 Å². The molecule has 2 rings (SSSR count). The molecule has 1 aliphatic rings. The van der Waals surface area contributed by atoms with E-state index in [1.807, 2.05) is 17.0 Å². The van der Waals surface area contributed by atoms with Crippen molar-refractivity contribution in [2.24, 2.45) is 0 Å². The number of nitrogens with two attached hydrogens (primary N) is 1. The smallest absolute Gasteiger partial charge is 0.255 e. The van der Waals surface area contributed by atoms with E-state index in [0.717, 1.165) is 32.5 Å². The Labute approximate surface area is 129 Å². The van der Waals surface area contributed by atoms with Crippen LogP contribution in [0.4, 0.5) is 5.69 Å². The zero-order chi connectivity index (χ0) is 14.7. The summed E-state index contributed by atoms with van der Waals surface area (Å²) in [5.74, 6) is 0.0753. The summed E-state index contributed by atoms with van der Waals surface area (Å²) in [5, 5.41) is 0. The lowest BCUT2D eigenvalue weighted by Crippen LogP contribution is -2.43. The van der Waals surface area contributed by atoms with Crippen molar-refractivity contribution in [3.05, 3.63) is 28.2 Å². The number of anilines is 1. The Morgan fingerprint density at radius 3 is 2.90 bits per heavy atom. The van der Waals surface area contributed by atoms with Crippen LogP contribution in [0.15, 0.2) is 22.7 Å². The van der Waals surface area contributed by atoms with Crippen LogP contribution >= 0.6 is 15.9 Å². The van der Waals surface area contributed by atoms with Crippen molar-refractivity contribution in [2.75, 3.05) is 32.4 Å². The first-order valence-corrected chi connectivity index (χ1v) is 7.87. The molecule has 0 aliphatic carbocycles. The Morgan fingerprint density at radius 2 is 2.20 bits per heavy atom. The first-order valence-electron chi connectivity index (χ1n) is 7.08. The zero-order valence-electron chi connectivity index (χ0n) is 12.1. The minimum atomic E-state index is 0.0753. The molecule has 1 amide bonds. The fourth-order valence-corrected chi connectivity index (χ4v) is 3.16. The van der Waals surface area contributed by atoms with Gasteiger partial charge in [0.1, 0.15) is 0 Å². The van der Waals surface area contributed by atoms with Crippen molar-refractivity contribution < 1.29 is 4.79 Å². The lowest BCUT2D eigenvalue weighted by molar-refractivity contribution is 0.0675. The molecule has 0 spiro atoms. The Kier molecular flexibility index (Phi) is 5.05. The topological polar surface area (TPSA) is 49.6 Å². The maximum Gasteiger partial charge on any atom is 0.255 e. The molecular formula is C15H22BrN3O. The maximum atomic E-state index is 12.8. The van der Waals surface area contributed by atoms with Crippen LogP contribution in [0, 0.1) is 0 Å². The zero-order valence-corrected chi connectivity index (χ0v) is 13.7. The number of nitrogen functional groups attached to an aromatic ring is 1. The molecule has 0 radical (unpaired) electrons. The summed E-state index contributed by atoms with van der Waals surface area (Å²) in [4.78, 5) is 17.1. The Bertz CT molecular complexity index is 492. The van der Waals surface area contributed by atoms with Gasteiger partial charge >= 0.3 is 0 Å². The van der Waals surface area contributed by atoms with E-state index in [1.165, 1.54) is 0 Å². The highest BCUT2D eigenvalue weighted by Crippen LogP contribution is 2.26. The molecule has 0 saturated carbocycles. The third-order valence-electron chi connectivity index (χ3n) is 3.89.